The third kappa shape index (κ3) is 7.56. The average molecular weight is 589 g/mol. The van der Waals surface area contributed by atoms with Gasteiger partial charge in [-0.3, -0.25) is 15.4 Å². The Balaban J connectivity index is 1.57. The van der Waals surface area contributed by atoms with Gasteiger partial charge in [-0.1, -0.05) is 38.5 Å². The van der Waals surface area contributed by atoms with E-state index in [0.29, 0.717) is 25.7 Å². The predicted molar refractivity (Wildman–Crippen MR) is 147 cm³/mol. The SMILES string of the molecule is Cc1cccc(C)c1CCC1CC2NC(N1)NS(=O)(=O)C1CCCC(C1)C(=O)N[C@H](CC(C)(C)C(F)(F)F)CO2. The van der Waals surface area contributed by atoms with E-state index in [1.807, 2.05) is 6.07 Å². The molecule has 4 N–H and O–H groups in total. The Hall–Kier alpha value is -1.73. The van der Waals surface area contributed by atoms with Crippen molar-refractivity contribution < 1.29 is 31.1 Å². The van der Waals surface area contributed by atoms with E-state index >= 15 is 0 Å². The number of benzene rings is 1. The number of sulfonamides is 1. The van der Waals surface area contributed by atoms with Crippen LogP contribution in [0.2, 0.25) is 0 Å². The van der Waals surface area contributed by atoms with Crippen molar-refractivity contribution in [1.29, 1.82) is 0 Å². The van der Waals surface area contributed by atoms with Crippen molar-refractivity contribution in [2.24, 2.45) is 11.3 Å². The highest BCUT2D eigenvalue weighted by atomic mass is 32.2. The number of halogens is 3. The number of nitrogens with one attached hydrogen (secondary N) is 4. The van der Waals surface area contributed by atoms with Gasteiger partial charge in [0.15, 0.2) is 0 Å². The summed E-state index contributed by atoms with van der Waals surface area (Å²) in [6, 6.07) is 5.16. The number of alkyl halides is 3. The smallest absolute Gasteiger partial charge is 0.361 e. The molecule has 1 amide bonds. The van der Waals surface area contributed by atoms with Crippen molar-refractivity contribution in [2.45, 2.75) is 115 Å². The normalized spacial score (nSPS) is 31.8. The van der Waals surface area contributed by atoms with Crippen LogP contribution in [0, 0.1) is 25.2 Å². The zero-order valence-electron chi connectivity index (χ0n) is 23.7. The summed E-state index contributed by atoms with van der Waals surface area (Å²) in [7, 11) is -3.79. The minimum Gasteiger partial charge on any atom is -0.361 e. The van der Waals surface area contributed by atoms with Crippen molar-refractivity contribution >= 4 is 15.9 Å². The topological polar surface area (TPSA) is 109 Å². The lowest BCUT2D eigenvalue weighted by molar-refractivity contribution is -0.216. The summed E-state index contributed by atoms with van der Waals surface area (Å²) in [6.07, 6.45) is -2.64. The molecule has 3 aliphatic rings. The van der Waals surface area contributed by atoms with Crippen LogP contribution >= 0.6 is 0 Å². The van der Waals surface area contributed by atoms with Crippen LogP contribution in [0.25, 0.3) is 0 Å². The second kappa shape index (κ2) is 12.2. The molecule has 12 heteroatoms. The third-order valence-corrected chi connectivity index (χ3v) is 10.6. The Labute approximate surface area is 235 Å². The van der Waals surface area contributed by atoms with E-state index in [1.165, 1.54) is 16.7 Å². The molecule has 8 nitrogen and oxygen atoms in total. The first-order valence-corrected chi connectivity index (χ1v) is 15.8. The van der Waals surface area contributed by atoms with Crippen LogP contribution in [0.1, 0.15) is 75.5 Å². The standard InChI is InChI=1S/C28H43F3N4O4S/c1-17-7-5-8-18(2)23(17)12-11-20-14-24-34-26(33-20)35-40(37,38)22-10-6-9-19(13-22)25(36)32-21(16-39-24)15-27(3,4)28(29,30)31/h5,7-8,19-22,24,26,33-35H,6,9-16H2,1-4H3,(H,32,36)/t19?,20?,21-,22?,24?,26?/m1/s1. The fourth-order valence-electron chi connectivity index (χ4n) is 6.17. The van der Waals surface area contributed by atoms with Crippen molar-refractivity contribution in [2.75, 3.05) is 6.61 Å². The Morgan fingerprint density at radius 2 is 1.73 bits per heavy atom. The minimum absolute atomic E-state index is 0.109. The number of hydrogen-bond donors (Lipinski definition) is 4. The average Bonchev–Trinajstić information content (AvgIpc) is 2.85. The fourth-order valence-corrected chi connectivity index (χ4v) is 7.79. The number of hydrogen-bond acceptors (Lipinski definition) is 6. The monoisotopic (exact) mass is 588 g/mol. The Morgan fingerprint density at radius 3 is 2.40 bits per heavy atom. The number of aryl methyl sites for hydroxylation is 2. The number of amides is 1. The summed E-state index contributed by atoms with van der Waals surface area (Å²) in [6.45, 7) is 6.25. The molecular formula is C28H43F3N4O4S. The van der Waals surface area contributed by atoms with Crippen LogP contribution in [0.4, 0.5) is 13.2 Å². The quantitative estimate of drug-likeness (QED) is 0.417. The molecule has 1 aromatic carbocycles. The number of carbonyl (C=O) groups excluding carboxylic acids is 1. The van der Waals surface area contributed by atoms with Crippen LogP contribution in [0.3, 0.4) is 0 Å². The molecule has 40 heavy (non-hydrogen) atoms. The van der Waals surface area contributed by atoms with Gasteiger partial charge in [-0.15, -0.1) is 0 Å². The second-order valence-electron chi connectivity index (χ2n) is 12.4. The predicted octanol–water partition coefficient (Wildman–Crippen LogP) is 3.77. The van der Waals surface area contributed by atoms with Crippen LogP contribution in [0.15, 0.2) is 18.2 Å². The van der Waals surface area contributed by atoms with Crippen molar-refractivity contribution in [1.82, 2.24) is 20.7 Å². The molecule has 2 aliphatic heterocycles. The van der Waals surface area contributed by atoms with E-state index in [2.05, 4.69) is 46.7 Å². The van der Waals surface area contributed by atoms with E-state index in [-0.39, 0.29) is 25.5 Å². The summed E-state index contributed by atoms with van der Waals surface area (Å²) in [5.74, 6) is -0.996. The number of rotatable bonds is 5. The summed E-state index contributed by atoms with van der Waals surface area (Å²) < 4.78 is 76.9. The van der Waals surface area contributed by atoms with E-state index in [0.717, 1.165) is 26.7 Å². The van der Waals surface area contributed by atoms with Gasteiger partial charge in [-0.05, 0) is 69.1 Å². The minimum atomic E-state index is -4.45. The third-order valence-electron chi connectivity index (χ3n) is 8.73. The maximum absolute atomic E-state index is 13.8. The van der Waals surface area contributed by atoms with Gasteiger partial charge in [0.1, 0.15) is 12.5 Å². The highest BCUT2D eigenvalue weighted by Gasteiger charge is 2.49. The van der Waals surface area contributed by atoms with E-state index < -0.39 is 57.2 Å². The maximum Gasteiger partial charge on any atom is 0.394 e. The molecule has 4 rings (SSSR count). The summed E-state index contributed by atoms with van der Waals surface area (Å²) in [4.78, 5) is 13.1. The molecule has 3 fully saturated rings. The van der Waals surface area contributed by atoms with Crippen molar-refractivity contribution in [3.8, 4) is 0 Å². The van der Waals surface area contributed by atoms with Gasteiger partial charge >= 0.3 is 6.18 Å². The zero-order valence-corrected chi connectivity index (χ0v) is 24.6. The molecule has 4 bridgehead atoms. The van der Waals surface area contributed by atoms with Gasteiger partial charge in [0.2, 0.25) is 15.9 Å². The Bertz CT molecular complexity index is 1140. The molecule has 2 heterocycles. The van der Waals surface area contributed by atoms with Crippen LogP contribution in [-0.2, 0) is 26.0 Å². The highest BCUT2D eigenvalue weighted by molar-refractivity contribution is 7.90. The molecular weight excluding hydrogens is 545 g/mol. The molecule has 1 saturated carbocycles. The molecule has 0 aromatic heterocycles. The fraction of sp³-hybridized carbons (Fsp3) is 0.750. The molecule has 0 spiro atoms. The first kappa shape index (κ1) is 31.2. The lowest BCUT2D eigenvalue weighted by atomic mass is 9.84. The second-order valence-corrected chi connectivity index (χ2v) is 14.4. The first-order valence-electron chi connectivity index (χ1n) is 14.2. The summed E-state index contributed by atoms with van der Waals surface area (Å²) in [5, 5.41) is 8.52. The number of fused-ring (bicyclic) bond motifs is 4. The molecule has 226 valence electrons. The van der Waals surface area contributed by atoms with Gasteiger partial charge in [0, 0.05) is 18.4 Å². The maximum atomic E-state index is 13.8. The summed E-state index contributed by atoms with van der Waals surface area (Å²) >= 11 is 0. The van der Waals surface area contributed by atoms with Crippen LogP contribution < -0.4 is 20.7 Å². The molecule has 0 radical (unpaired) electrons. The van der Waals surface area contributed by atoms with Gasteiger partial charge in [0.25, 0.3) is 0 Å². The summed E-state index contributed by atoms with van der Waals surface area (Å²) in [5.41, 5.74) is 1.58. The van der Waals surface area contributed by atoms with Gasteiger partial charge < -0.3 is 10.1 Å². The first-order chi connectivity index (χ1) is 18.6. The lowest BCUT2D eigenvalue weighted by Crippen LogP contribution is -2.66. The highest BCUT2D eigenvalue weighted by Crippen LogP contribution is 2.41. The van der Waals surface area contributed by atoms with E-state index in [9.17, 15) is 26.4 Å². The molecule has 6 atom stereocenters. The van der Waals surface area contributed by atoms with Gasteiger partial charge in [0.05, 0.1) is 23.3 Å². The van der Waals surface area contributed by atoms with E-state index in [4.69, 9.17) is 4.74 Å². The largest absolute Gasteiger partial charge is 0.394 e. The van der Waals surface area contributed by atoms with Crippen molar-refractivity contribution in [3.05, 3.63) is 34.9 Å². The molecule has 1 aromatic rings. The number of ether oxygens (including phenoxy) is 1. The van der Waals surface area contributed by atoms with Crippen LogP contribution in [0.5, 0.6) is 0 Å². The van der Waals surface area contributed by atoms with E-state index in [1.54, 1.807) is 0 Å². The zero-order chi connectivity index (χ0) is 29.3. The molecule has 2 saturated heterocycles. The van der Waals surface area contributed by atoms with Gasteiger partial charge in [-0.25, -0.2) is 8.42 Å². The molecule has 5 unspecified atom stereocenters. The lowest BCUT2D eigenvalue weighted by Gasteiger charge is -2.39. The Morgan fingerprint density at radius 1 is 1.02 bits per heavy atom. The Kier molecular flexibility index (Phi) is 9.56. The molecule has 1 aliphatic carbocycles. The van der Waals surface area contributed by atoms with Crippen LogP contribution in [-0.4, -0.2) is 57.0 Å². The van der Waals surface area contributed by atoms with Gasteiger partial charge in [-0.2, -0.15) is 17.9 Å². The van der Waals surface area contributed by atoms with Crippen molar-refractivity contribution in [3.63, 3.8) is 0 Å². The number of carbonyl (C=O) groups is 1.